The Balaban J connectivity index is 1.96. The highest BCUT2D eigenvalue weighted by molar-refractivity contribution is 14.1. The predicted molar refractivity (Wildman–Crippen MR) is 77.9 cm³/mol. The first-order valence-corrected chi connectivity index (χ1v) is 7.12. The summed E-state index contributed by atoms with van der Waals surface area (Å²) in [6.45, 7) is 0.664. The van der Waals surface area contributed by atoms with Crippen molar-refractivity contribution in [1.82, 2.24) is 9.78 Å². The Morgan fingerprint density at radius 2 is 2.06 bits per heavy atom. The van der Waals surface area contributed by atoms with E-state index < -0.39 is 0 Å². The molecule has 0 amide bonds. The van der Waals surface area contributed by atoms with Crippen molar-refractivity contribution in [2.45, 2.75) is 25.3 Å². The molecule has 18 heavy (non-hydrogen) atoms. The molecule has 4 heteroatoms. The molecule has 0 atom stereocenters. The van der Waals surface area contributed by atoms with Gasteiger partial charge in [0.25, 0.3) is 0 Å². The lowest BCUT2D eigenvalue weighted by molar-refractivity contribution is 0.111. The number of halogens is 1. The van der Waals surface area contributed by atoms with Crippen LogP contribution in [0.5, 0.6) is 0 Å². The molecule has 1 aromatic carbocycles. The van der Waals surface area contributed by atoms with E-state index in [1.165, 1.54) is 18.4 Å². The van der Waals surface area contributed by atoms with Gasteiger partial charge in [0.15, 0.2) is 6.29 Å². The SMILES string of the molecule is O=Cc1c(I)c(C2CC2)nn1Cc1ccccc1. The summed E-state index contributed by atoms with van der Waals surface area (Å²) < 4.78 is 2.86. The molecule has 0 radical (unpaired) electrons. The first kappa shape index (κ1) is 11.9. The maximum atomic E-state index is 11.2. The molecule has 1 saturated carbocycles. The zero-order valence-corrected chi connectivity index (χ0v) is 12.0. The fraction of sp³-hybridized carbons (Fsp3) is 0.286. The van der Waals surface area contributed by atoms with Crippen LogP contribution in [0.25, 0.3) is 0 Å². The molecule has 1 fully saturated rings. The molecule has 2 aromatic rings. The smallest absolute Gasteiger partial charge is 0.169 e. The van der Waals surface area contributed by atoms with Gasteiger partial charge in [-0.25, -0.2) is 0 Å². The standard InChI is InChI=1S/C14H13IN2O/c15-13-12(9-18)17(16-14(13)11-6-7-11)8-10-4-2-1-3-5-10/h1-5,9,11H,6-8H2. The normalized spacial score (nSPS) is 14.7. The van der Waals surface area contributed by atoms with E-state index in [0.717, 1.165) is 15.6 Å². The van der Waals surface area contributed by atoms with Crippen LogP contribution in [0.2, 0.25) is 0 Å². The number of hydrogen-bond acceptors (Lipinski definition) is 2. The first-order valence-electron chi connectivity index (χ1n) is 6.05. The summed E-state index contributed by atoms with van der Waals surface area (Å²) in [5.74, 6) is 0.577. The molecule has 1 aliphatic rings. The molecule has 3 nitrogen and oxygen atoms in total. The second kappa shape index (κ2) is 4.84. The fourth-order valence-electron chi connectivity index (χ4n) is 2.08. The van der Waals surface area contributed by atoms with Crippen molar-refractivity contribution in [2.75, 3.05) is 0 Å². The summed E-state index contributed by atoms with van der Waals surface area (Å²) in [7, 11) is 0. The van der Waals surface area contributed by atoms with Gasteiger partial charge in [-0.2, -0.15) is 5.10 Å². The summed E-state index contributed by atoms with van der Waals surface area (Å²) in [5.41, 5.74) is 2.98. The monoisotopic (exact) mass is 352 g/mol. The summed E-state index contributed by atoms with van der Waals surface area (Å²) in [6.07, 6.45) is 3.33. The highest BCUT2D eigenvalue weighted by Crippen LogP contribution is 2.41. The highest BCUT2D eigenvalue weighted by atomic mass is 127. The quantitative estimate of drug-likeness (QED) is 0.626. The second-order valence-corrected chi connectivity index (χ2v) is 5.70. The van der Waals surface area contributed by atoms with E-state index in [0.29, 0.717) is 18.2 Å². The van der Waals surface area contributed by atoms with E-state index in [1.54, 1.807) is 0 Å². The number of carbonyl (C=O) groups is 1. The van der Waals surface area contributed by atoms with E-state index in [1.807, 2.05) is 22.9 Å². The van der Waals surface area contributed by atoms with Gasteiger partial charge in [0.1, 0.15) is 5.69 Å². The van der Waals surface area contributed by atoms with Gasteiger partial charge in [0.2, 0.25) is 0 Å². The van der Waals surface area contributed by atoms with Gasteiger partial charge >= 0.3 is 0 Å². The Bertz CT molecular complexity index is 573. The Kier molecular flexibility index (Phi) is 3.20. The first-order chi connectivity index (χ1) is 8.79. The fourth-order valence-corrected chi connectivity index (χ4v) is 3.03. The number of nitrogens with zero attached hydrogens (tertiary/aromatic N) is 2. The van der Waals surface area contributed by atoms with Crippen LogP contribution in [-0.2, 0) is 6.54 Å². The summed E-state index contributed by atoms with van der Waals surface area (Å²) >= 11 is 2.25. The van der Waals surface area contributed by atoms with Crippen LogP contribution in [0, 0.1) is 3.57 Å². The van der Waals surface area contributed by atoms with Gasteiger partial charge in [-0.3, -0.25) is 9.48 Å². The lowest BCUT2D eigenvalue weighted by Gasteiger charge is -2.03. The minimum Gasteiger partial charge on any atom is -0.296 e. The lowest BCUT2D eigenvalue weighted by Crippen LogP contribution is -2.06. The van der Waals surface area contributed by atoms with Crippen LogP contribution in [-0.4, -0.2) is 16.1 Å². The third kappa shape index (κ3) is 2.21. The number of rotatable bonds is 4. The van der Waals surface area contributed by atoms with Crippen molar-refractivity contribution < 1.29 is 4.79 Å². The minimum absolute atomic E-state index is 0.577. The van der Waals surface area contributed by atoms with E-state index in [9.17, 15) is 4.79 Å². The second-order valence-electron chi connectivity index (χ2n) is 4.62. The molecule has 1 aromatic heterocycles. The van der Waals surface area contributed by atoms with Crippen molar-refractivity contribution in [3.63, 3.8) is 0 Å². The summed E-state index contributed by atoms with van der Waals surface area (Å²) in [6, 6.07) is 10.1. The Hall–Kier alpha value is -1.17. The van der Waals surface area contributed by atoms with E-state index >= 15 is 0 Å². The molecule has 0 saturated heterocycles. The van der Waals surface area contributed by atoms with Crippen molar-refractivity contribution in [2.24, 2.45) is 0 Å². The number of hydrogen-bond donors (Lipinski definition) is 0. The largest absolute Gasteiger partial charge is 0.296 e. The molecule has 0 aliphatic heterocycles. The average Bonchev–Trinajstić information content (AvgIpc) is 3.17. The minimum atomic E-state index is 0.577. The molecule has 1 heterocycles. The van der Waals surface area contributed by atoms with Gasteiger partial charge in [0.05, 0.1) is 15.8 Å². The van der Waals surface area contributed by atoms with Crippen LogP contribution < -0.4 is 0 Å². The van der Waals surface area contributed by atoms with Crippen LogP contribution in [0.15, 0.2) is 30.3 Å². The highest BCUT2D eigenvalue weighted by Gasteiger charge is 2.30. The number of benzene rings is 1. The maximum absolute atomic E-state index is 11.2. The third-order valence-electron chi connectivity index (χ3n) is 3.21. The average molecular weight is 352 g/mol. The number of aldehydes is 1. The van der Waals surface area contributed by atoms with Crippen molar-refractivity contribution in [1.29, 1.82) is 0 Å². The van der Waals surface area contributed by atoms with Gasteiger partial charge in [-0.15, -0.1) is 0 Å². The van der Waals surface area contributed by atoms with Crippen LogP contribution in [0.4, 0.5) is 0 Å². The van der Waals surface area contributed by atoms with Crippen LogP contribution >= 0.6 is 22.6 Å². The molecule has 0 spiro atoms. The Morgan fingerprint density at radius 3 is 2.67 bits per heavy atom. The molecule has 3 rings (SSSR count). The zero-order valence-electron chi connectivity index (χ0n) is 9.84. The number of aromatic nitrogens is 2. The van der Waals surface area contributed by atoms with E-state index in [4.69, 9.17) is 0 Å². The third-order valence-corrected chi connectivity index (χ3v) is 4.31. The molecule has 92 valence electrons. The lowest BCUT2D eigenvalue weighted by atomic mass is 10.2. The molecule has 0 bridgehead atoms. The summed E-state index contributed by atoms with van der Waals surface area (Å²) in [4.78, 5) is 11.2. The molecule has 1 aliphatic carbocycles. The van der Waals surface area contributed by atoms with Gasteiger partial charge < -0.3 is 0 Å². The van der Waals surface area contributed by atoms with Crippen molar-refractivity contribution in [3.8, 4) is 0 Å². The van der Waals surface area contributed by atoms with Gasteiger partial charge in [0, 0.05) is 5.92 Å². The van der Waals surface area contributed by atoms with Gasteiger partial charge in [-0.1, -0.05) is 30.3 Å². The Labute approximate surface area is 119 Å². The van der Waals surface area contributed by atoms with Crippen LogP contribution in [0.3, 0.4) is 0 Å². The van der Waals surface area contributed by atoms with Crippen molar-refractivity contribution >= 4 is 28.9 Å². The molecular weight excluding hydrogens is 339 g/mol. The Morgan fingerprint density at radius 1 is 1.33 bits per heavy atom. The zero-order chi connectivity index (χ0) is 12.5. The summed E-state index contributed by atoms with van der Waals surface area (Å²) in [5, 5.41) is 4.62. The van der Waals surface area contributed by atoms with Crippen molar-refractivity contribution in [3.05, 3.63) is 50.9 Å². The van der Waals surface area contributed by atoms with E-state index in [-0.39, 0.29) is 0 Å². The molecule has 0 unspecified atom stereocenters. The molecule has 0 N–H and O–H groups in total. The van der Waals surface area contributed by atoms with E-state index in [2.05, 4.69) is 39.8 Å². The van der Waals surface area contributed by atoms with Crippen LogP contribution in [0.1, 0.15) is 40.5 Å². The number of carbonyl (C=O) groups excluding carboxylic acids is 1. The van der Waals surface area contributed by atoms with Gasteiger partial charge in [-0.05, 0) is 41.0 Å². The topological polar surface area (TPSA) is 34.9 Å². The predicted octanol–water partition coefficient (Wildman–Crippen LogP) is 3.23. The maximum Gasteiger partial charge on any atom is 0.169 e. The molecular formula is C14H13IN2O.